The van der Waals surface area contributed by atoms with Gasteiger partial charge in [0.15, 0.2) is 0 Å². The van der Waals surface area contributed by atoms with Crippen LogP contribution in [0, 0.1) is 5.82 Å². The van der Waals surface area contributed by atoms with Crippen LogP contribution < -0.4 is 10.1 Å². The van der Waals surface area contributed by atoms with Gasteiger partial charge in [-0.15, -0.1) is 0 Å². The van der Waals surface area contributed by atoms with Crippen molar-refractivity contribution in [3.05, 3.63) is 57.8 Å². The summed E-state index contributed by atoms with van der Waals surface area (Å²) < 4.78 is 19.5. The van der Waals surface area contributed by atoms with Gasteiger partial charge in [0.2, 0.25) is 0 Å². The third-order valence-electron chi connectivity index (χ3n) is 3.78. The third kappa shape index (κ3) is 3.54. The second-order valence-corrected chi connectivity index (χ2v) is 6.18. The van der Waals surface area contributed by atoms with Gasteiger partial charge in [-0.2, -0.15) is 0 Å². The van der Waals surface area contributed by atoms with Gasteiger partial charge in [0.05, 0.1) is 10.0 Å². The van der Waals surface area contributed by atoms with Crippen LogP contribution in [0.15, 0.2) is 36.4 Å². The Morgan fingerprint density at radius 2 is 1.91 bits per heavy atom. The van der Waals surface area contributed by atoms with E-state index in [-0.39, 0.29) is 11.9 Å². The zero-order chi connectivity index (χ0) is 15.5. The van der Waals surface area contributed by atoms with Crippen LogP contribution in [-0.2, 0) is 0 Å². The maximum absolute atomic E-state index is 13.6. The van der Waals surface area contributed by atoms with E-state index in [0.29, 0.717) is 21.5 Å². The lowest BCUT2D eigenvalue weighted by atomic mass is 9.96. The summed E-state index contributed by atoms with van der Waals surface area (Å²) >= 11 is 11.9. The molecule has 0 bridgehead atoms. The average molecular weight is 340 g/mol. The molecule has 0 radical (unpaired) electrons. The number of benzene rings is 2. The summed E-state index contributed by atoms with van der Waals surface area (Å²) in [5, 5.41) is 4.32. The normalized spacial score (nSPS) is 18.2. The van der Waals surface area contributed by atoms with Crippen molar-refractivity contribution in [3.8, 4) is 11.5 Å². The molecule has 2 aromatic carbocycles. The molecule has 22 heavy (non-hydrogen) atoms. The van der Waals surface area contributed by atoms with Gasteiger partial charge < -0.3 is 10.1 Å². The average Bonchev–Trinajstić information content (AvgIpc) is 2.53. The largest absolute Gasteiger partial charge is 0.457 e. The van der Waals surface area contributed by atoms with Crippen molar-refractivity contribution in [2.75, 3.05) is 6.54 Å². The molecule has 0 saturated carbocycles. The van der Waals surface area contributed by atoms with Crippen molar-refractivity contribution in [2.45, 2.75) is 25.3 Å². The third-order valence-corrected chi connectivity index (χ3v) is 4.52. The molecule has 0 spiro atoms. The summed E-state index contributed by atoms with van der Waals surface area (Å²) in [6.07, 6.45) is 3.25. The lowest BCUT2D eigenvalue weighted by molar-refractivity contribution is 0.392. The first-order chi connectivity index (χ1) is 10.6. The fraction of sp³-hybridized carbons (Fsp3) is 0.294. The molecule has 2 nitrogen and oxygen atoms in total. The molecule has 116 valence electrons. The molecule has 0 aliphatic carbocycles. The van der Waals surface area contributed by atoms with Crippen molar-refractivity contribution in [3.63, 3.8) is 0 Å². The lowest BCUT2D eigenvalue weighted by Gasteiger charge is -2.25. The van der Waals surface area contributed by atoms with Crippen LogP contribution in [0.1, 0.15) is 30.9 Å². The van der Waals surface area contributed by atoms with Crippen molar-refractivity contribution in [1.82, 2.24) is 5.32 Å². The Balaban J connectivity index is 1.90. The number of nitrogens with one attached hydrogen (secondary N) is 1. The number of rotatable bonds is 3. The van der Waals surface area contributed by atoms with Crippen LogP contribution in [0.3, 0.4) is 0 Å². The van der Waals surface area contributed by atoms with Gasteiger partial charge in [-0.25, -0.2) is 4.39 Å². The van der Waals surface area contributed by atoms with Crippen LogP contribution >= 0.6 is 23.2 Å². The first-order valence-corrected chi connectivity index (χ1v) is 8.05. The van der Waals surface area contributed by atoms with E-state index in [1.165, 1.54) is 12.1 Å². The Kier molecular flexibility index (Phi) is 4.87. The second kappa shape index (κ2) is 6.86. The van der Waals surface area contributed by atoms with Crippen LogP contribution in [-0.4, -0.2) is 6.54 Å². The monoisotopic (exact) mass is 339 g/mol. The smallest absolute Gasteiger partial charge is 0.132 e. The maximum Gasteiger partial charge on any atom is 0.132 e. The minimum atomic E-state index is -0.260. The summed E-state index contributed by atoms with van der Waals surface area (Å²) in [5.74, 6) is 0.959. The van der Waals surface area contributed by atoms with E-state index in [2.05, 4.69) is 5.32 Å². The molecule has 1 atom stereocenters. The number of halogens is 3. The number of hydrogen-bond donors (Lipinski definition) is 1. The topological polar surface area (TPSA) is 21.3 Å². The van der Waals surface area contributed by atoms with Gasteiger partial charge in [-0.05, 0) is 49.7 Å². The van der Waals surface area contributed by atoms with Gasteiger partial charge in [-0.3, -0.25) is 0 Å². The standard InChI is InChI=1S/C17H16Cl2FNO/c18-14-6-5-12(10-15(14)19)22-17-7-4-11(20)9-13(17)16-3-1-2-8-21-16/h4-7,9-10,16,21H,1-3,8H2. The Morgan fingerprint density at radius 3 is 2.64 bits per heavy atom. The van der Waals surface area contributed by atoms with Gasteiger partial charge in [0.1, 0.15) is 17.3 Å². The molecule has 0 aromatic heterocycles. The molecule has 2 aromatic rings. The summed E-state index contributed by atoms with van der Waals surface area (Å²) in [5.41, 5.74) is 0.839. The molecule has 1 fully saturated rings. The summed E-state index contributed by atoms with van der Waals surface area (Å²) in [4.78, 5) is 0. The van der Waals surface area contributed by atoms with Gasteiger partial charge in [-0.1, -0.05) is 29.6 Å². The Labute approximate surface area is 139 Å². The highest BCUT2D eigenvalue weighted by Crippen LogP contribution is 2.35. The molecular weight excluding hydrogens is 324 g/mol. The Hall–Kier alpha value is -1.29. The fourth-order valence-electron chi connectivity index (χ4n) is 2.67. The van der Waals surface area contributed by atoms with Crippen molar-refractivity contribution in [1.29, 1.82) is 0 Å². The molecule has 0 amide bonds. The number of piperidine rings is 1. The highest BCUT2D eigenvalue weighted by molar-refractivity contribution is 6.42. The van der Waals surface area contributed by atoms with E-state index in [0.717, 1.165) is 31.4 Å². The first-order valence-electron chi connectivity index (χ1n) is 7.29. The van der Waals surface area contributed by atoms with E-state index >= 15 is 0 Å². The Bertz CT molecular complexity index is 672. The SMILES string of the molecule is Fc1ccc(Oc2ccc(Cl)c(Cl)c2)c(C2CCCCN2)c1. The second-order valence-electron chi connectivity index (χ2n) is 5.36. The lowest BCUT2D eigenvalue weighted by Crippen LogP contribution is -2.27. The fourth-order valence-corrected chi connectivity index (χ4v) is 2.96. The zero-order valence-electron chi connectivity index (χ0n) is 11.9. The molecule has 1 aliphatic rings. The molecule has 5 heteroatoms. The van der Waals surface area contributed by atoms with Crippen LogP contribution in [0.4, 0.5) is 4.39 Å². The first kappa shape index (κ1) is 15.6. The van der Waals surface area contributed by atoms with Crippen LogP contribution in [0.25, 0.3) is 0 Å². The molecule has 1 unspecified atom stereocenters. The highest BCUT2D eigenvalue weighted by Gasteiger charge is 2.20. The molecular formula is C17H16Cl2FNO. The molecule has 1 aliphatic heterocycles. The van der Waals surface area contributed by atoms with E-state index in [9.17, 15) is 4.39 Å². The van der Waals surface area contributed by atoms with Crippen molar-refractivity contribution < 1.29 is 9.13 Å². The Morgan fingerprint density at radius 1 is 1.05 bits per heavy atom. The van der Waals surface area contributed by atoms with Gasteiger partial charge in [0, 0.05) is 17.7 Å². The van der Waals surface area contributed by atoms with Gasteiger partial charge in [0.25, 0.3) is 0 Å². The molecule has 1 heterocycles. The molecule has 1 N–H and O–H groups in total. The maximum atomic E-state index is 13.6. The number of ether oxygens (including phenoxy) is 1. The van der Waals surface area contributed by atoms with E-state index < -0.39 is 0 Å². The van der Waals surface area contributed by atoms with Crippen LogP contribution in [0.2, 0.25) is 10.0 Å². The predicted octanol–water partition coefficient (Wildman–Crippen LogP) is 5.74. The number of hydrogen-bond acceptors (Lipinski definition) is 2. The van der Waals surface area contributed by atoms with Gasteiger partial charge >= 0.3 is 0 Å². The molecule has 1 saturated heterocycles. The predicted molar refractivity (Wildman–Crippen MR) is 87.5 cm³/mol. The zero-order valence-corrected chi connectivity index (χ0v) is 13.4. The van der Waals surface area contributed by atoms with Crippen LogP contribution in [0.5, 0.6) is 11.5 Å². The molecule has 3 rings (SSSR count). The quantitative estimate of drug-likeness (QED) is 0.769. The van der Waals surface area contributed by atoms with Crippen molar-refractivity contribution in [2.24, 2.45) is 0 Å². The van der Waals surface area contributed by atoms with E-state index in [1.54, 1.807) is 24.3 Å². The minimum Gasteiger partial charge on any atom is -0.457 e. The summed E-state index contributed by atoms with van der Waals surface area (Å²) in [6, 6.07) is 9.79. The minimum absolute atomic E-state index is 0.113. The van der Waals surface area contributed by atoms with E-state index in [4.69, 9.17) is 27.9 Å². The summed E-state index contributed by atoms with van der Waals surface area (Å²) in [6.45, 7) is 0.938. The van der Waals surface area contributed by atoms with E-state index in [1.807, 2.05) is 0 Å². The highest BCUT2D eigenvalue weighted by atomic mass is 35.5. The summed E-state index contributed by atoms with van der Waals surface area (Å²) in [7, 11) is 0. The van der Waals surface area contributed by atoms with Crippen molar-refractivity contribution >= 4 is 23.2 Å².